The molecular weight excluding hydrogens is 454 g/mol. The van der Waals surface area contributed by atoms with E-state index in [1.807, 2.05) is 0 Å². The molecule has 0 aliphatic heterocycles. The van der Waals surface area contributed by atoms with E-state index in [1.54, 1.807) is 0 Å². The Morgan fingerprint density at radius 3 is 2.40 bits per heavy atom. The average Bonchev–Trinajstić information content (AvgIpc) is 3.08. The molecule has 4 N–H and O–H groups in total. The number of carbonyl (C=O) groups excluding carboxylic acids is 3. The molecular formula is C26H37NO8. The van der Waals surface area contributed by atoms with Crippen molar-refractivity contribution in [2.45, 2.75) is 78.1 Å². The molecule has 4 fully saturated rings. The van der Waals surface area contributed by atoms with Crippen LogP contribution in [0.5, 0.6) is 0 Å². The summed E-state index contributed by atoms with van der Waals surface area (Å²) in [7, 11) is 0. The van der Waals surface area contributed by atoms with Crippen LogP contribution in [0.15, 0.2) is 11.8 Å². The number of carboxylic acid groups (broad SMARTS) is 2. The summed E-state index contributed by atoms with van der Waals surface area (Å²) in [5.41, 5.74) is 5.14. The fraction of sp³-hybridized carbons (Fsp3) is 0.731. The molecule has 6 atom stereocenters. The molecule has 9 nitrogen and oxygen atoms in total. The second-order valence-corrected chi connectivity index (χ2v) is 10.9. The minimum absolute atomic E-state index is 0.00119. The van der Waals surface area contributed by atoms with Crippen LogP contribution in [0, 0.1) is 34.5 Å². The van der Waals surface area contributed by atoms with Gasteiger partial charge in [-0.3, -0.25) is 14.4 Å². The van der Waals surface area contributed by atoms with Gasteiger partial charge >= 0.3 is 17.9 Å². The van der Waals surface area contributed by atoms with Crippen LogP contribution in [-0.2, 0) is 28.7 Å². The normalized spacial score (nSPS) is 36.1. The highest BCUT2D eigenvalue weighted by Gasteiger charge is 2.61. The Hall–Kier alpha value is -2.55. The van der Waals surface area contributed by atoms with Gasteiger partial charge in [-0.15, -0.1) is 0 Å². The van der Waals surface area contributed by atoms with E-state index in [2.05, 4.69) is 18.6 Å². The maximum Gasteiger partial charge on any atom is 0.372 e. The molecule has 0 bridgehead atoms. The lowest BCUT2D eigenvalue weighted by atomic mass is 9.45. The van der Waals surface area contributed by atoms with Gasteiger partial charge in [0.05, 0.1) is 12.5 Å². The van der Waals surface area contributed by atoms with Gasteiger partial charge in [-0.05, 0) is 55.3 Å². The van der Waals surface area contributed by atoms with E-state index in [4.69, 9.17) is 15.9 Å². The van der Waals surface area contributed by atoms with Gasteiger partial charge in [0.15, 0.2) is 0 Å². The van der Waals surface area contributed by atoms with E-state index >= 15 is 0 Å². The highest BCUT2D eigenvalue weighted by atomic mass is 16.6. The number of ketones is 2. The van der Waals surface area contributed by atoms with Gasteiger partial charge < -0.3 is 20.7 Å². The summed E-state index contributed by atoms with van der Waals surface area (Å²) < 4.78 is 4.22. The van der Waals surface area contributed by atoms with E-state index < -0.39 is 23.7 Å². The number of Topliss-reactive ketones (excluding diaryl/α,β-unsaturated/α-hetero) is 2. The van der Waals surface area contributed by atoms with Crippen molar-refractivity contribution in [3.63, 3.8) is 0 Å². The third kappa shape index (κ3) is 5.34. The number of carbonyl (C=O) groups is 5. The third-order valence-electron chi connectivity index (χ3n) is 9.11. The zero-order valence-electron chi connectivity index (χ0n) is 20.6. The van der Waals surface area contributed by atoms with Gasteiger partial charge in [0.25, 0.3) is 0 Å². The van der Waals surface area contributed by atoms with E-state index in [1.165, 1.54) is 25.7 Å². The number of carboxylic acids is 2. The number of aliphatic carboxylic acids is 2. The summed E-state index contributed by atoms with van der Waals surface area (Å²) in [5, 5.41) is 16.6. The quantitative estimate of drug-likeness (QED) is 0.298. The number of hydrogen-bond donors (Lipinski definition) is 3. The molecule has 9 heteroatoms. The molecule has 1 unspecified atom stereocenters. The Morgan fingerprint density at radius 1 is 1.06 bits per heavy atom. The molecule has 0 heterocycles. The number of fused-ring (bicyclic) bond motifs is 5. The standard InChI is InChI=1S/C19H28O2.C7H9NO6/c1-18-9-4-3-5-15(18)16(20)11-12-13-6-7-17(21)19(13,2)10-8-14(12)18;8-2-1-6(11)14-4(7(12)13)3-5(9)10/h12-15H,3-11H2,1-2H3;3H,1-2,8H2,(H,9,10)(H,12,13)/b;4-3-/t12-,13-,14-,15?,18+,19-;/m0./s1. The molecule has 0 amide bonds. The van der Waals surface area contributed by atoms with Crippen molar-refractivity contribution in [2.75, 3.05) is 6.54 Å². The van der Waals surface area contributed by atoms with Crippen LogP contribution in [0.25, 0.3) is 0 Å². The lowest BCUT2D eigenvalue weighted by Crippen LogP contribution is -2.55. The Kier molecular flexibility index (Phi) is 8.19. The largest absolute Gasteiger partial charge is 0.478 e. The van der Waals surface area contributed by atoms with Crippen molar-refractivity contribution in [1.29, 1.82) is 0 Å². The van der Waals surface area contributed by atoms with Crippen LogP contribution in [0.1, 0.15) is 78.1 Å². The number of rotatable bonds is 5. The monoisotopic (exact) mass is 491 g/mol. The third-order valence-corrected chi connectivity index (χ3v) is 9.11. The fourth-order valence-corrected chi connectivity index (χ4v) is 7.41. The SMILES string of the molecule is C[C@]12CCCCC1C(=O)C[C@@H]1[C@@H]2CC[C@]2(C)C(=O)CC[C@@H]12.NCCC(=O)O/C(=C\C(=O)O)C(=O)O. The van der Waals surface area contributed by atoms with Crippen molar-refractivity contribution >= 4 is 29.5 Å². The predicted molar refractivity (Wildman–Crippen MR) is 125 cm³/mol. The first kappa shape index (κ1) is 27.0. The second-order valence-electron chi connectivity index (χ2n) is 10.9. The van der Waals surface area contributed by atoms with Gasteiger partial charge in [-0.1, -0.05) is 26.7 Å². The van der Waals surface area contributed by atoms with Crippen molar-refractivity contribution in [3.8, 4) is 0 Å². The minimum atomic E-state index is -1.63. The van der Waals surface area contributed by atoms with Crippen molar-refractivity contribution in [1.82, 2.24) is 0 Å². The van der Waals surface area contributed by atoms with Crippen LogP contribution in [-0.4, -0.2) is 46.2 Å². The Bertz CT molecular complexity index is 926. The van der Waals surface area contributed by atoms with Gasteiger partial charge in [0, 0.05) is 30.7 Å². The van der Waals surface area contributed by atoms with Gasteiger partial charge in [-0.25, -0.2) is 9.59 Å². The van der Waals surface area contributed by atoms with Crippen molar-refractivity contribution < 1.29 is 38.9 Å². The van der Waals surface area contributed by atoms with Crippen LogP contribution in [0.4, 0.5) is 0 Å². The first-order valence-electron chi connectivity index (χ1n) is 12.6. The highest BCUT2D eigenvalue weighted by Crippen LogP contribution is 2.64. The molecule has 4 aliphatic carbocycles. The topological polar surface area (TPSA) is 161 Å². The van der Waals surface area contributed by atoms with Crippen molar-refractivity contribution in [3.05, 3.63) is 11.8 Å². The van der Waals surface area contributed by atoms with Crippen LogP contribution < -0.4 is 5.73 Å². The molecule has 4 rings (SSSR count). The molecule has 0 aromatic carbocycles. The van der Waals surface area contributed by atoms with E-state index in [0.717, 1.165) is 32.1 Å². The number of ether oxygens (including phenoxy) is 1. The maximum atomic E-state index is 12.8. The van der Waals surface area contributed by atoms with E-state index in [9.17, 15) is 24.0 Å². The first-order chi connectivity index (χ1) is 16.4. The fourth-order valence-electron chi connectivity index (χ4n) is 7.41. The average molecular weight is 492 g/mol. The Labute approximate surface area is 205 Å². The number of hydrogen-bond acceptors (Lipinski definition) is 7. The van der Waals surface area contributed by atoms with E-state index in [0.29, 0.717) is 35.2 Å². The predicted octanol–water partition coefficient (Wildman–Crippen LogP) is 3.10. The molecule has 0 aromatic rings. The summed E-state index contributed by atoms with van der Waals surface area (Å²) in [6, 6.07) is 0. The summed E-state index contributed by atoms with van der Waals surface area (Å²) in [6.45, 7) is 4.60. The first-order valence-corrected chi connectivity index (χ1v) is 12.6. The lowest BCUT2D eigenvalue weighted by molar-refractivity contribution is -0.155. The molecule has 0 saturated heterocycles. The molecule has 0 radical (unpaired) electrons. The zero-order valence-corrected chi connectivity index (χ0v) is 20.6. The summed E-state index contributed by atoms with van der Waals surface area (Å²) in [5.74, 6) is -1.93. The summed E-state index contributed by atoms with van der Waals surface area (Å²) >= 11 is 0. The molecule has 35 heavy (non-hydrogen) atoms. The van der Waals surface area contributed by atoms with Gasteiger partial charge in [-0.2, -0.15) is 0 Å². The zero-order chi connectivity index (χ0) is 26.0. The number of esters is 1. The van der Waals surface area contributed by atoms with E-state index in [-0.39, 0.29) is 29.9 Å². The Morgan fingerprint density at radius 2 is 1.77 bits per heavy atom. The van der Waals surface area contributed by atoms with Crippen molar-refractivity contribution in [2.24, 2.45) is 40.2 Å². The highest BCUT2D eigenvalue weighted by molar-refractivity contribution is 5.95. The second kappa shape index (κ2) is 10.6. The number of nitrogens with two attached hydrogens (primary N) is 1. The molecule has 0 aromatic heterocycles. The Balaban J connectivity index is 0.000000216. The maximum absolute atomic E-state index is 12.8. The molecule has 0 spiro atoms. The summed E-state index contributed by atoms with van der Waals surface area (Å²) in [6.07, 6.45) is 9.86. The molecule has 4 aliphatic rings. The summed E-state index contributed by atoms with van der Waals surface area (Å²) in [4.78, 5) is 56.3. The van der Waals surface area contributed by atoms with Crippen LogP contribution in [0.3, 0.4) is 0 Å². The minimum Gasteiger partial charge on any atom is -0.478 e. The van der Waals surface area contributed by atoms with Gasteiger partial charge in [0.1, 0.15) is 11.6 Å². The molecule has 194 valence electrons. The molecule has 4 saturated carbocycles. The van der Waals surface area contributed by atoms with Gasteiger partial charge in [0.2, 0.25) is 5.76 Å². The van der Waals surface area contributed by atoms with Crippen LogP contribution >= 0.6 is 0 Å². The van der Waals surface area contributed by atoms with Crippen LogP contribution in [0.2, 0.25) is 0 Å². The smallest absolute Gasteiger partial charge is 0.372 e. The lowest BCUT2D eigenvalue weighted by Gasteiger charge is -2.58.